The van der Waals surface area contributed by atoms with Gasteiger partial charge in [-0.3, -0.25) is 0 Å². The monoisotopic (exact) mass is 345 g/mol. The molecule has 0 saturated heterocycles. The third-order valence-corrected chi connectivity index (χ3v) is 4.03. The molecule has 0 spiro atoms. The number of hydrogen-bond donors (Lipinski definition) is 2. The number of nitrogens with zero attached hydrogens (tertiary/aromatic N) is 4. The molecule has 3 N–H and O–H groups in total. The molecule has 0 unspecified atom stereocenters. The van der Waals surface area contributed by atoms with Crippen LogP contribution in [-0.2, 0) is 7.05 Å². The van der Waals surface area contributed by atoms with E-state index in [1.165, 1.54) is 51.4 Å². The number of nitrogens with two attached hydrogens (primary N) is 1. The number of fused-ring (bicyclic) bond motifs is 1. The van der Waals surface area contributed by atoms with Gasteiger partial charge in [0.2, 0.25) is 11.8 Å². The molecule has 0 atom stereocenters. The summed E-state index contributed by atoms with van der Waals surface area (Å²) in [4.78, 5) is 12.1. The van der Waals surface area contributed by atoms with E-state index in [4.69, 9.17) is 15.6 Å². The molecule has 7 heteroatoms. The number of imidazole rings is 1. The molecule has 2 aromatic rings. The van der Waals surface area contributed by atoms with Gasteiger partial charge in [0.25, 0.3) is 0 Å². The van der Waals surface area contributed by atoms with Gasteiger partial charge in [0.15, 0.2) is 17.8 Å². The fourth-order valence-corrected chi connectivity index (χ4v) is 2.72. The Morgan fingerprint density at radius 1 is 1.08 bits per heavy atom. The van der Waals surface area contributed by atoms with Crippen molar-refractivity contribution in [3.05, 3.63) is 6.33 Å². The van der Waals surface area contributed by atoms with Crippen molar-refractivity contribution in [2.24, 2.45) is 7.05 Å². The molecule has 2 heterocycles. The van der Waals surface area contributed by atoms with Crippen molar-refractivity contribution in [1.29, 1.82) is 0 Å². The van der Waals surface area contributed by atoms with E-state index in [9.17, 15) is 0 Å². The lowest BCUT2D eigenvalue weighted by atomic mass is 10.0. The second-order valence-electron chi connectivity index (χ2n) is 6.04. The highest BCUT2D eigenvalue weighted by Crippen LogP contribution is 2.20. The number of nitrogen functional groups attached to an aromatic ring is 1. The van der Waals surface area contributed by atoms with E-state index in [1.807, 2.05) is 0 Å². The Hall–Kier alpha value is -2.33. The minimum Gasteiger partial charge on any atom is -0.463 e. The Kier molecular flexibility index (Phi) is 7.99. The van der Waals surface area contributed by atoms with Gasteiger partial charge in [-0.25, -0.2) is 4.98 Å². The Morgan fingerprint density at radius 3 is 2.24 bits per heavy atom. The van der Waals surface area contributed by atoms with Crippen LogP contribution in [0.2, 0.25) is 0 Å². The lowest BCUT2D eigenvalue weighted by Gasteiger charge is -2.05. The minimum absolute atomic E-state index is 0.114. The van der Waals surface area contributed by atoms with E-state index in [0.29, 0.717) is 17.0 Å². The van der Waals surface area contributed by atoms with Gasteiger partial charge in [0, 0.05) is 7.05 Å². The fourth-order valence-electron chi connectivity index (χ4n) is 2.72. The average Bonchev–Trinajstić information content (AvgIpc) is 2.93. The van der Waals surface area contributed by atoms with Crippen LogP contribution in [0.4, 0.5) is 5.95 Å². The van der Waals surface area contributed by atoms with Crippen molar-refractivity contribution >= 4 is 17.1 Å². The van der Waals surface area contributed by atoms with Gasteiger partial charge in [-0.15, -0.1) is 0 Å². The second kappa shape index (κ2) is 10.5. The number of aliphatic hydroxyl groups is 1. The maximum Gasteiger partial charge on any atom is 0.248 e. The molecule has 7 nitrogen and oxygen atoms in total. The van der Waals surface area contributed by atoms with Crippen molar-refractivity contribution in [2.75, 3.05) is 18.9 Å². The Labute approximate surface area is 148 Å². The van der Waals surface area contributed by atoms with E-state index in [2.05, 4.69) is 26.8 Å². The molecular formula is C18H27N5O2. The number of ether oxygens (including phenoxy) is 1. The average molecular weight is 345 g/mol. The van der Waals surface area contributed by atoms with Crippen LogP contribution in [-0.4, -0.2) is 37.8 Å². The number of aliphatic hydroxyl groups excluding tert-OH is 1. The van der Waals surface area contributed by atoms with Crippen LogP contribution in [0.5, 0.6) is 5.88 Å². The smallest absolute Gasteiger partial charge is 0.248 e. The zero-order valence-corrected chi connectivity index (χ0v) is 14.9. The maximum atomic E-state index is 8.49. The summed E-state index contributed by atoms with van der Waals surface area (Å²) in [5.74, 6) is 5.49. The van der Waals surface area contributed by atoms with Crippen molar-refractivity contribution in [1.82, 2.24) is 19.5 Å². The highest BCUT2D eigenvalue weighted by Gasteiger charge is 2.11. The molecule has 0 aliphatic heterocycles. The van der Waals surface area contributed by atoms with Crippen LogP contribution in [0.1, 0.15) is 51.4 Å². The summed E-state index contributed by atoms with van der Waals surface area (Å²) >= 11 is 0. The lowest BCUT2D eigenvalue weighted by Crippen LogP contribution is -2.03. The minimum atomic E-state index is -0.200. The molecule has 136 valence electrons. The van der Waals surface area contributed by atoms with Crippen molar-refractivity contribution in [3.63, 3.8) is 0 Å². The molecule has 0 amide bonds. The fraction of sp³-hybridized carbons (Fsp3) is 0.611. The molecule has 3 rings (SSSR count). The summed E-state index contributed by atoms with van der Waals surface area (Å²) in [5, 5.41) is 8.49. The summed E-state index contributed by atoms with van der Waals surface area (Å²) in [6, 6.07) is 0. The third kappa shape index (κ3) is 6.24. The van der Waals surface area contributed by atoms with Gasteiger partial charge < -0.3 is 20.1 Å². The van der Waals surface area contributed by atoms with Crippen LogP contribution < -0.4 is 10.5 Å². The highest BCUT2D eigenvalue weighted by atomic mass is 16.5. The van der Waals surface area contributed by atoms with Crippen molar-refractivity contribution < 1.29 is 9.84 Å². The predicted octanol–water partition coefficient (Wildman–Crippen LogP) is 2.44. The molecule has 1 fully saturated rings. The molecule has 0 radical (unpaired) electrons. The van der Waals surface area contributed by atoms with Gasteiger partial charge >= 0.3 is 0 Å². The topological polar surface area (TPSA) is 99.1 Å². The van der Waals surface area contributed by atoms with Crippen LogP contribution in [0.25, 0.3) is 11.2 Å². The Balaban J connectivity index is 0.000000236. The molecule has 1 aliphatic carbocycles. The first-order chi connectivity index (χ1) is 12.2. The van der Waals surface area contributed by atoms with E-state index in [0.717, 1.165) is 0 Å². The summed E-state index contributed by atoms with van der Waals surface area (Å²) < 4.78 is 7.05. The quantitative estimate of drug-likeness (QED) is 0.811. The number of hydrogen-bond acceptors (Lipinski definition) is 6. The van der Waals surface area contributed by atoms with Crippen LogP contribution >= 0.6 is 0 Å². The van der Waals surface area contributed by atoms with E-state index in [-0.39, 0.29) is 19.2 Å². The van der Waals surface area contributed by atoms with Crippen LogP contribution in [0.3, 0.4) is 0 Å². The van der Waals surface area contributed by atoms with E-state index < -0.39 is 0 Å². The third-order valence-electron chi connectivity index (χ3n) is 4.03. The van der Waals surface area contributed by atoms with Crippen molar-refractivity contribution in [3.8, 4) is 17.7 Å². The van der Waals surface area contributed by atoms with Gasteiger partial charge in [-0.05, 0) is 0 Å². The SMILES string of the molecule is C1CCCCCCC1.Cn1cnc2c(OCC#CCO)nc(N)nc21. The molecule has 0 bridgehead atoms. The van der Waals surface area contributed by atoms with Gasteiger partial charge in [-0.1, -0.05) is 63.2 Å². The Bertz CT molecular complexity index is 693. The van der Waals surface area contributed by atoms with Crippen LogP contribution in [0.15, 0.2) is 6.33 Å². The number of anilines is 1. The number of rotatable bonds is 2. The number of aromatic nitrogens is 4. The summed E-state index contributed by atoms with van der Waals surface area (Å²) in [6.45, 7) is -0.0864. The van der Waals surface area contributed by atoms with E-state index in [1.54, 1.807) is 17.9 Å². The standard InChI is InChI=1S/C10H11N5O2.C8H16/c1-15-6-12-7-8(15)13-10(11)14-9(7)17-5-3-2-4-16;1-2-4-6-8-7-5-3-1/h6,16H,4-5H2,1H3,(H2,11,13,14);1-8H2. The highest BCUT2D eigenvalue weighted by molar-refractivity contribution is 5.77. The summed E-state index contributed by atoms with van der Waals surface area (Å²) in [6.07, 6.45) is 13.6. The first-order valence-corrected chi connectivity index (χ1v) is 8.86. The zero-order chi connectivity index (χ0) is 17.9. The first-order valence-electron chi connectivity index (χ1n) is 8.86. The Morgan fingerprint density at radius 2 is 1.68 bits per heavy atom. The molecule has 0 aromatic carbocycles. The molecule has 1 saturated carbocycles. The largest absolute Gasteiger partial charge is 0.463 e. The normalized spacial score (nSPS) is 14.5. The molecule has 1 aliphatic rings. The van der Waals surface area contributed by atoms with Gasteiger partial charge in [0.1, 0.15) is 6.61 Å². The van der Waals surface area contributed by atoms with Gasteiger partial charge in [-0.2, -0.15) is 9.97 Å². The molecule has 25 heavy (non-hydrogen) atoms. The molecule has 2 aromatic heterocycles. The zero-order valence-electron chi connectivity index (χ0n) is 14.9. The summed E-state index contributed by atoms with van der Waals surface area (Å²) in [7, 11) is 1.80. The number of aryl methyl sites for hydroxylation is 1. The molecular weight excluding hydrogens is 318 g/mol. The van der Waals surface area contributed by atoms with Crippen molar-refractivity contribution in [2.45, 2.75) is 51.4 Å². The summed E-state index contributed by atoms with van der Waals surface area (Å²) in [5.41, 5.74) is 6.70. The predicted molar refractivity (Wildman–Crippen MR) is 98.0 cm³/mol. The van der Waals surface area contributed by atoms with E-state index >= 15 is 0 Å². The van der Waals surface area contributed by atoms with Gasteiger partial charge in [0.05, 0.1) is 6.33 Å². The first kappa shape index (κ1) is 19.0. The van der Waals surface area contributed by atoms with Crippen LogP contribution in [0, 0.1) is 11.8 Å². The lowest BCUT2D eigenvalue weighted by molar-refractivity contribution is 0.346. The maximum absolute atomic E-state index is 8.49. The second-order valence-corrected chi connectivity index (χ2v) is 6.04.